The van der Waals surface area contributed by atoms with Crippen LogP contribution in [0.4, 0.5) is 0 Å². The topological polar surface area (TPSA) is 21.7 Å². The van der Waals surface area contributed by atoms with Crippen LogP contribution in [0.15, 0.2) is 22.7 Å². The second-order valence-electron chi connectivity index (χ2n) is 5.69. The van der Waals surface area contributed by atoms with Crippen molar-refractivity contribution < 1.29 is 9.47 Å². The number of fused-ring (bicyclic) bond motifs is 1. The Morgan fingerprint density at radius 3 is 3.05 bits per heavy atom. The van der Waals surface area contributed by atoms with E-state index in [4.69, 9.17) is 9.47 Å². The first-order valence-corrected chi connectivity index (χ1v) is 8.25. The Morgan fingerprint density at radius 2 is 2.20 bits per heavy atom. The summed E-state index contributed by atoms with van der Waals surface area (Å²) in [6.07, 6.45) is 5.57. The summed E-state index contributed by atoms with van der Waals surface area (Å²) in [5, 5.41) is 0. The monoisotopic (exact) mass is 339 g/mol. The molecule has 20 heavy (non-hydrogen) atoms. The first-order valence-electron chi connectivity index (χ1n) is 7.46. The second kappa shape index (κ2) is 6.46. The zero-order valence-corrected chi connectivity index (χ0v) is 13.6. The lowest BCUT2D eigenvalue weighted by molar-refractivity contribution is -0.0912. The van der Waals surface area contributed by atoms with Crippen LogP contribution >= 0.6 is 15.9 Å². The van der Waals surface area contributed by atoms with Crippen LogP contribution in [-0.2, 0) is 11.3 Å². The van der Waals surface area contributed by atoms with Crippen LogP contribution in [0.3, 0.4) is 0 Å². The van der Waals surface area contributed by atoms with Crippen LogP contribution < -0.4 is 4.74 Å². The van der Waals surface area contributed by atoms with E-state index in [0.717, 1.165) is 29.9 Å². The Balaban J connectivity index is 1.77. The minimum absolute atomic E-state index is 0.440. The smallest absolute Gasteiger partial charge is 0.123 e. The molecular weight excluding hydrogens is 318 g/mol. The maximum absolute atomic E-state index is 5.95. The van der Waals surface area contributed by atoms with Gasteiger partial charge < -0.3 is 9.47 Å². The molecule has 4 heteroatoms. The summed E-state index contributed by atoms with van der Waals surface area (Å²) in [5.74, 6) is 0.979. The van der Waals surface area contributed by atoms with Gasteiger partial charge in [-0.3, -0.25) is 4.90 Å². The van der Waals surface area contributed by atoms with Gasteiger partial charge in [-0.05, 0) is 31.0 Å². The number of hydrogen-bond donors (Lipinski definition) is 0. The normalized spacial score (nSPS) is 27.1. The van der Waals surface area contributed by atoms with Crippen LogP contribution in [0, 0.1) is 0 Å². The minimum Gasteiger partial charge on any atom is -0.496 e. The van der Waals surface area contributed by atoms with Crippen molar-refractivity contribution in [1.82, 2.24) is 4.90 Å². The van der Waals surface area contributed by atoms with Gasteiger partial charge in [0.15, 0.2) is 0 Å². The van der Waals surface area contributed by atoms with Crippen LogP contribution in [0.1, 0.15) is 31.2 Å². The molecule has 1 aromatic rings. The molecule has 2 fully saturated rings. The van der Waals surface area contributed by atoms with E-state index in [2.05, 4.69) is 26.9 Å². The van der Waals surface area contributed by atoms with Crippen LogP contribution in [0.25, 0.3) is 0 Å². The van der Waals surface area contributed by atoms with Crippen molar-refractivity contribution in [1.29, 1.82) is 0 Å². The quantitative estimate of drug-likeness (QED) is 0.839. The van der Waals surface area contributed by atoms with E-state index in [1.807, 2.05) is 12.1 Å². The Morgan fingerprint density at radius 1 is 1.35 bits per heavy atom. The van der Waals surface area contributed by atoms with E-state index in [0.29, 0.717) is 12.1 Å². The van der Waals surface area contributed by atoms with Crippen molar-refractivity contribution in [3.05, 3.63) is 28.2 Å². The maximum Gasteiger partial charge on any atom is 0.123 e. The highest BCUT2D eigenvalue weighted by atomic mass is 79.9. The lowest BCUT2D eigenvalue weighted by Crippen LogP contribution is -2.52. The summed E-state index contributed by atoms with van der Waals surface area (Å²) in [7, 11) is 1.75. The number of hydrogen-bond acceptors (Lipinski definition) is 3. The van der Waals surface area contributed by atoms with Gasteiger partial charge in [-0.25, -0.2) is 0 Å². The number of ether oxygens (including phenoxy) is 2. The molecule has 0 N–H and O–H groups in total. The first-order chi connectivity index (χ1) is 9.78. The number of halogens is 1. The van der Waals surface area contributed by atoms with Crippen LogP contribution in [0.2, 0.25) is 0 Å². The van der Waals surface area contributed by atoms with E-state index in [-0.39, 0.29) is 0 Å². The van der Waals surface area contributed by atoms with E-state index >= 15 is 0 Å². The van der Waals surface area contributed by atoms with Crippen molar-refractivity contribution in [2.45, 2.75) is 44.4 Å². The molecule has 0 radical (unpaired) electrons. The average molecular weight is 340 g/mol. The SMILES string of the molecule is COc1ccc(Br)cc1CN1CCOC2CCCCC21. The maximum atomic E-state index is 5.95. The van der Waals surface area contributed by atoms with Gasteiger partial charge in [0, 0.05) is 29.2 Å². The predicted octanol–water partition coefficient (Wildman–Crippen LogP) is 3.60. The molecule has 0 aromatic heterocycles. The number of rotatable bonds is 3. The second-order valence-corrected chi connectivity index (χ2v) is 6.60. The van der Waals surface area contributed by atoms with Crippen LogP contribution in [0.5, 0.6) is 5.75 Å². The van der Waals surface area contributed by atoms with E-state index < -0.39 is 0 Å². The summed E-state index contributed by atoms with van der Waals surface area (Å²) in [6, 6.07) is 6.83. The summed E-state index contributed by atoms with van der Waals surface area (Å²) in [5.41, 5.74) is 1.26. The highest BCUT2D eigenvalue weighted by Crippen LogP contribution is 2.31. The highest BCUT2D eigenvalue weighted by molar-refractivity contribution is 9.10. The molecule has 2 atom stereocenters. The number of methoxy groups -OCH3 is 1. The third kappa shape index (κ3) is 3.02. The van der Waals surface area contributed by atoms with Crippen molar-refractivity contribution in [2.75, 3.05) is 20.3 Å². The summed E-state index contributed by atoms with van der Waals surface area (Å²) < 4.78 is 12.6. The number of nitrogens with zero attached hydrogens (tertiary/aromatic N) is 1. The summed E-state index contributed by atoms with van der Waals surface area (Å²) in [6.45, 7) is 2.83. The number of morpholine rings is 1. The summed E-state index contributed by atoms with van der Waals surface area (Å²) >= 11 is 3.56. The zero-order valence-electron chi connectivity index (χ0n) is 12.0. The van der Waals surface area contributed by atoms with Crippen molar-refractivity contribution >= 4 is 15.9 Å². The molecule has 0 bridgehead atoms. The summed E-state index contributed by atoms with van der Waals surface area (Å²) in [4.78, 5) is 2.58. The van der Waals surface area contributed by atoms with Gasteiger partial charge in [-0.2, -0.15) is 0 Å². The standard InChI is InChI=1S/C16H22BrNO2/c1-19-15-7-6-13(17)10-12(15)11-18-8-9-20-16-5-3-2-4-14(16)18/h6-7,10,14,16H,2-5,8-9,11H2,1H3. The van der Waals surface area contributed by atoms with E-state index in [9.17, 15) is 0 Å². The molecule has 110 valence electrons. The van der Waals surface area contributed by atoms with Crippen molar-refractivity contribution in [3.8, 4) is 5.75 Å². The van der Waals surface area contributed by atoms with Gasteiger partial charge in [-0.1, -0.05) is 28.8 Å². The molecule has 2 aliphatic rings. The molecule has 1 saturated heterocycles. The fraction of sp³-hybridized carbons (Fsp3) is 0.625. The van der Waals surface area contributed by atoms with Crippen molar-refractivity contribution in [2.24, 2.45) is 0 Å². The van der Waals surface area contributed by atoms with Crippen LogP contribution in [-0.4, -0.2) is 37.3 Å². The Hall–Kier alpha value is -0.580. The largest absolute Gasteiger partial charge is 0.496 e. The lowest BCUT2D eigenvalue weighted by atomic mass is 9.90. The molecule has 0 amide bonds. The van der Waals surface area contributed by atoms with Gasteiger partial charge in [0.1, 0.15) is 5.75 Å². The molecule has 0 spiro atoms. The molecule has 3 rings (SSSR count). The van der Waals surface area contributed by atoms with Gasteiger partial charge in [0.2, 0.25) is 0 Å². The number of benzene rings is 1. The van der Waals surface area contributed by atoms with Gasteiger partial charge in [0.05, 0.1) is 19.8 Å². The fourth-order valence-corrected chi connectivity index (χ4v) is 3.87. The van der Waals surface area contributed by atoms with Crippen molar-refractivity contribution in [3.63, 3.8) is 0 Å². The molecule has 1 saturated carbocycles. The minimum atomic E-state index is 0.440. The van der Waals surface area contributed by atoms with Gasteiger partial charge >= 0.3 is 0 Å². The third-order valence-corrected chi connectivity index (χ3v) is 4.96. The Bertz CT molecular complexity index is 464. The molecule has 1 aliphatic carbocycles. The molecule has 1 heterocycles. The molecule has 2 unspecified atom stereocenters. The predicted molar refractivity (Wildman–Crippen MR) is 83.1 cm³/mol. The first kappa shape index (κ1) is 14.4. The molecule has 3 nitrogen and oxygen atoms in total. The Kier molecular flexibility index (Phi) is 4.64. The van der Waals surface area contributed by atoms with Gasteiger partial charge in [-0.15, -0.1) is 0 Å². The fourth-order valence-electron chi connectivity index (χ4n) is 3.46. The molecule has 1 aromatic carbocycles. The third-order valence-electron chi connectivity index (χ3n) is 4.46. The lowest BCUT2D eigenvalue weighted by Gasteiger charge is -2.44. The highest BCUT2D eigenvalue weighted by Gasteiger charge is 2.34. The van der Waals surface area contributed by atoms with Gasteiger partial charge in [0.25, 0.3) is 0 Å². The average Bonchev–Trinajstić information content (AvgIpc) is 2.48. The zero-order chi connectivity index (χ0) is 13.9. The molecule has 1 aliphatic heterocycles. The molecular formula is C16H22BrNO2. The van der Waals surface area contributed by atoms with E-state index in [1.165, 1.54) is 31.2 Å². The Labute approximate surface area is 129 Å². The van der Waals surface area contributed by atoms with E-state index in [1.54, 1.807) is 7.11 Å².